The second-order valence-electron chi connectivity index (χ2n) is 5.55. The lowest BCUT2D eigenvalue weighted by atomic mass is 10.0. The number of hydrogen-bond acceptors (Lipinski definition) is 5. The average molecular weight is 258 g/mol. The quantitative estimate of drug-likeness (QED) is 0.701. The maximum Gasteiger partial charge on any atom is 0.202 e. The van der Waals surface area contributed by atoms with Crippen LogP contribution < -0.4 is 5.73 Å². The van der Waals surface area contributed by atoms with E-state index in [0.717, 1.165) is 0 Å². The molecule has 0 aromatic heterocycles. The van der Waals surface area contributed by atoms with Gasteiger partial charge in [0.2, 0.25) is 5.88 Å². The van der Waals surface area contributed by atoms with E-state index in [4.69, 9.17) is 19.9 Å². The van der Waals surface area contributed by atoms with Gasteiger partial charge in [-0.1, -0.05) is 13.8 Å². The van der Waals surface area contributed by atoms with E-state index in [1.807, 2.05) is 6.20 Å². The second-order valence-corrected chi connectivity index (χ2v) is 5.55. The Morgan fingerprint density at radius 2 is 2.11 bits per heavy atom. The predicted molar refractivity (Wildman–Crippen MR) is 70.6 cm³/mol. The first-order valence-electron chi connectivity index (χ1n) is 6.37. The van der Waals surface area contributed by atoms with Crippen LogP contribution in [0.4, 0.5) is 0 Å². The van der Waals surface area contributed by atoms with E-state index >= 15 is 0 Å². The zero-order valence-corrected chi connectivity index (χ0v) is 12.1. The molecule has 0 amide bonds. The molecular formula is C13H26N2O3. The second kappa shape index (κ2) is 6.29. The van der Waals surface area contributed by atoms with E-state index in [-0.39, 0.29) is 11.8 Å². The summed E-state index contributed by atoms with van der Waals surface area (Å²) in [5.41, 5.74) is 5.60. The topological polar surface area (TPSA) is 57.0 Å². The molecule has 0 aromatic carbocycles. The SMILES string of the molecule is COCCOCC(C)(C)N1C=C(N)OC1C(C)C. The molecule has 0 saturated carbocycles. The predicted octanol–water partition coefficient (Wildman–Crippen LogP) is 1.50. The van der Waals surface area contributed by atoms with Crippen LogP contribution in [0.15, 0.2) is 12.1 Å². The number of ether oxygens (including phenoxy) is 3. The van der Waals surface area contributed by atoms with Gasteiger partial charge in [-0.25, -0.2) is 0 Å². The van der Waals surface area contributed by atoms with Crippen molar-refractivity contribution in [3.8, 4) is 0 Å². The normalized spacial score (nSPS) is 20.2. The molecule has 0 aliphatic carbocycles. The van der Waals surface area contributed by atoms with Crippen molar-refractivity contribution < 1.29 is 14.2 Å². The smallest absolute Gasteiger partial charge is 0.202 e. The number of methoxy groups -OCH3 is 1. The van der Waals surface area contributed by atoms with Crippen molar-refractivity contribution in [2.75, 3.05) is 26.9 Å². The van der Waals surface area contributed by atoms with Crippen LogP contribution in [0.25, 0.3) is 0 Å². The molecule has 0 saturated heterocycles. The monoisotopic (exact) mass is 258 g/mol. The number of rotatable bonds is 7. The molecule has 1 rings (SSSR count). The summed E-state index contributed by atoms with van der Waals surface area (Å²) in [7, 11) is 1.67. The minimum atomic E-state index is -0.163. The summed E-state index contributed by atoms with van der Waals surface area (Å²) >= 11 is 0. The Balaban J connectivity index is 2.58. The van der Waals surface area contributed by atoms with E-state index in [0.29, 0.717) is 31.6 Å². The van der Waals surface area contributed by atoms with Crippen LogP contribution in [0.5, 0.6) is 0 Å². The summed E-state index contributed by atoms with van der Waals surface area (Å²) in [5.74, 6) is 0.833. The van der Waals surface area contributed by atoms with Crippen LogP contribution in [0.1, 0.15) is 27.7 Å². The Morgan fingerprint density at radius 1 is 1.44 bits per heavy atom. The van der Waals surface area contributed by atoms with E-state index < -0.39 is 0 Å². The van der Waals surface area contributed by atoms with E-state index in [1.165, 1.54) is 0 Å². The van der Waals surface area contributed by atoms with Crippen molar-refractivity contribution in [2.24, 2.45) is 11.7 Å². The zero-order chi connectivity index (χ0) is 13.8. The summed E-state index contributed by atoms with van der Waals surface area (Å²) in [4.78, 5) is 2.14. The fourth-order valence-electron chi connectivity index (χ4n) is 1.95. The standard InChI is InChI=1S/C13H26N2O3/c1-10(2)12-15(8-11(14)18-12)13(3,4)9-17-7-6-16-5/h8,10,12H,6-7,9,14H2,1-5H3. The van der Waals surface area contributed by atoms with E-state index in [1.54, 1.807) is 7.11 Å². The fraction of sp³-hybridized carbons (Fsp3) is 0.846. The Morgan fingerprint density at radius 3 is 2.67 bits per heavy atom. The summed E-state index contributed by atoms with van der Waals surface area (Å²) in [5, 5.41) is 0. The van der Waals surface area contributed by atoms with Crippen LogP contribution in [0, 0.1) is 5.92 Å². The van der Waals surface area contributed by atoms with Crippen molar-refractivity contribution in [1.29, 1.82) is 0 Å². The molecule has 2 N–H and O–H groups in total. The zero-order valence-electron chi connectivity index (χ0n) is 12.1. The van der Waals surface area contributed by atoms with E-state index in [9.17, 15) is 0 Å². The van der Waals surface area contributed by atoms with Gasteiger partial charge in [-0.2, -0.15) is 0 Å². The highest BCUT2D eigenvalue weighted by atomic mass is 16.5. The van der Waals surface area contributed by atoms with Crippen LogP contribution >= 0.6 is 0 Å². The lowest BCUT2D eigenvalue weighted by Gasteiger charge is -2.40. The van der Waals surface area contributed by atoms with Gasteiger partial charge in [0.1, 0.15) is 0 Å². The molecule has 1 unspecified atom stereocenters. The molecular weight excluding hydrogens is 232 g/mol. The van der Waals surface area contributed by atoms with Crippen molar-refractivity contribution in [3.63, 3.8) is 0 Å². The summed E-state index contributed by atoms with van der Waals surface area (Å²) < 4.78 is 16.2. The highest BCUT2D eigenvalue weighted by molar-refractivity contribution is 5.02. The molecule has 0 aromatic rings. The molecule has 0 spiro atoms. The van der Waals surface area contributed by atoms with Crippen LogP contribution in [-0.2, 0) is 14.2 Å². The molecule has 0 fully saturated rings. The molecule has 106 valence electrons. The van der Waals surface area contributed by atoms with Crippen molar-refractivity contribution in [3.05, 3.63) is 12.1 Å². The molecule has 5 heteroatoms. The summed E-state index contributed by atoms with van der Waals surface area (Å²) in [6, 6.07) is 0. The molecule has 0 radical (unpaired) electrons. The van der Waals surface area contributed by atoms with Gasteiger partial charge in [-0.3, -0.25) is 0 Å². The molecule has 1 aliphatic heterocycles. The molecule has 1 aliphatic rings. The number of hydrogen-bond donors (Lipinski definition) is 1. The van der Waals surface area contributed by atoms with Gasteiger partial charge >= 0.3 is 0 Å². The highest BCUT2D eigenvalue weighted by Gasteiger charge is 2.37. The average Bonchev–Trinajstić information content (AvgIpc) is 2.68. The van der Waals surface area contributed by atoms with Gasteiger partial charge in [0, 0.05) is 13.0 Å². The third kappa shape index (κ3) is 3.78. The summed E-state index contributed by atoms with van der Waals surface area (Å²) in [6.45, 7) is 10.3. The fourth-order valence-corrected chi connectivity index (χ4v) is 1.95. The Kier molecular flexibility index (Phi) is 5.28. The molecule has 5 nitrogen and oxygen atoms in total. The van der Waals surface area contributed by atoms with Gasteiger partial charge in [0.25, 0.3) is 0 Å². The third-order valence-electron chi connectivity index (χ3n) is 2.95. The Labute approximate surface area is 110 Å². The minimum Gasteiger partial charge on any atom is -0.454 e. The highest BCUT2D eigenvalue weighted by Crippen LogP contribution is 2.29. The molecule has 18 heavy (non-hydrogen) atoms. The van der Waals surface area contributed by atoms with Gasteiger partial charge in [-0.15, -0.1) is 0 Å². The van der Waals surface area contributed by atoms with Gasteiger partial charge in [-0.05, 0) is 13.8 Å². The van der Waals surface area contributed by atoms with Gasteiger partial charge < -0.3 is 24.8 Å². The van der Waals surface area contributed by atoms with Crippen molar-refractivity contribution in [2.45, 2.75) is 39.5 Å². The first-order chi connectivity index (χ1) is 8.38. The van der Waals surface area contributed by atoms with Gasteiger partial charge in [0.05, 0.1) is 31.6 Å². The van der Waals surface area contributed by atoms with Gasteiger partial charge in [0.15, 0.2) is 6.23 Å². The van der Waals surface area contributed by atoms with Crippen LogP contribution in [0.3, 0.4) is 0 Å². The largest absolute Gasteiger partial charge is 0.454 e. The molecule has 0 bridgehead atoms. The Hall–Kier alpha value is -0.940. The van der Waals surface area contributed by atoms with Crippen LogP contribution in [-0.4, -0.2) is 43.6 Å². The maximum absolute atomic E-state index is 5.76. The van der Waals surface area contributed by atoms with E-state index in [2.05, 4.69) is 32.6 Å². The van der Waals surface area contributed by atoms with Crippen molar-refractivity contribution in [1.82, 2.24) is 4.90 Å². The summed E-state index contributed by atoms with van der Waals surface area (Å²) in [6.07, 6.45) is 1.84. The minimum absolute atomic E-state index is 0.0222. The first-order valence-corrected chi connectivity index (χ1v) is 6.37. The lowest BCUT2D eigenvalue weighted by molar-refractivity contribution is -0.0681. The first kappa shape index (κ1) is 15.1. The molecule has 1 heterocycles. The number of nitrogens with two attached hydrogens (primary N) is 1. The Bertz CT molecular complexity index is 290. The van der Waals surface area contributed by atoms with Crippen LogP contribution in [0.2, 0.25) is 0 Å². The van der Waals surface area contributed by atoms with Crippen molar-refractivity contribution >= 4 is 0 Å². The lowest BCUT2D eigenvalue weighted by Crippen LogP contribution is -2.50. The number of nitrogens with zero attached hydrogens (tertiary/aromatic N) is 1. The molecule has 1 atom stereocenters. The third-order valence-corrected chi connectivity index (χ3v) is 2.95. The maximum atomic E-state index is 5.76.